The lowest BCUT2D eigenvalue weighted by Gasteiger charge is -1.99. The predicted octanol–water partition coefficient (Wildman–Crippen LogP) is 0.232. The van der Waals surface area contributed by atoms with E-state index < -0.39 is 0 Å². The van der Waals surface area contributed by atoms with E-state index in [9.17, 15) is 0 Å². The van der Waals surface area contributed by atoms with Gasteiger partial charge < -0.3 is 0 Å². The SMILES string of the molecule is CC1CNN(O)S1. The number of nitrogens with one attached hydrogen (secondary N) is 1. The fourth-order valence-corrected chi connectivity index (χ4v) is 1.09. The molecule has 0 aromatic heterocycles. The molecule has 42 valence electrons. The molecule has 1 saturated heterocycles. The molecule has 7 heavy (non-hydrogen) atoms. The summed E-state index contributed by atoms with van der Waals surface area (Å²) >= 11 is 1.40. The van der Waals surface area contributed by atoms with E-state index in [4.69, 9.17) is 5.21 Å². The van der Waals surface area contributed by atoms with Gasteiger partial charge in [0.25, 0.3) is 0 Å². The first-order valence-electron chi connectivity index (χ1n) is 2.18. The summed E-state index contributed by atoms with van der Waals surface area (Å²) in [6.07, 6.45) is 0. The first-order valence-corrected chi connectivity index (χ1v) is 3.02. The molecule has 1 unspecified atom stereocenters. The lowest BCUT2D eigenvalue weighted by molar-refractivity contribution is -0.0214. The molecule has 1 heterocycles. The Bertz CT molecular complexity index is 62.0. The Balaban J connectivity index is 2.26. The average Bonchev–Trinajstić information content (AvgIpc) is 1.87. The smallest absolute Gasteiger partial charge is 0.0343 e. The predicted molar refractivity (Wildman–Crippen MR) is 28.7 cm³/mol. The Morgan fingerprint density at radius 2 is 2.71 bits per heavy atom. The molecule has 1 atom stereocenters. The molecule has 1 rings (SSSR count). The molecule has 0 bridgehead atoms. The van der Waals surface area contributed by atoms with E-state index in [0.717, 1.165) is 11.1 Å². The maximum Gasteiger partial charge on any atom is 0.0343 e. The zero-order chi connectivity index (χ0) is 5.28. The first kappa shape index (κ1) is 5.37. The van der Waals surface area contributed by atoms with Gasteiger partial charge in [-0.05, 0) is 11.9 Å². The highest BCUT2D eigenvalue weighted by Crippen LogP contribution is 2.16. The average molecular weight is 120 g/mol. The Hall–Kier alpha value is 0.230. The van der Waals surface area contributed by atoms with Crippen LogP contribution in [0.4, 0.5) is 0 Å². The zero-order valence-corrected chi connectivity index (χ0v) is 4.90. The Kier molecular flexibility index (Phi) is 1.53. The minimum absolute atomic E-state index is 0.505. The van der Waals surface area contributed by atoms with Crippen LogP contribution in [0.25, 0.3) is 0 Å². The first-order chi connectivity index (χ1) is 3.29. The van der Waals surface area contributed by atoms with Crippen LogP contribution in [-0.4, -0.2) is 21.6 Å². The van der Waals surface area contributed by atoms with Gasteiger partial charge in [-0.3, -0.25) is 5.21 Å². The molecule has 1 fully saturated rings. The van der Waals surface area contributed by atoms with Crippen LogP contribution in [0.15, 0.2) is 0 Å². The maximum atomic E-state index is 8.58. The van der Waals surface area contributed by atoms with Crippen LogP contribution < -0.4 is 5.43 Å². The lowest BCUT2D eigenvalue weighted by atomic mass is 10.5. The highest BCUT2D eigenvalue weighted by atomic mass is 32.2. The van der Waals surface area contributed by atoms with Crippen LogP contribution in [0.5, 0.6) is 0 Å². The molecule has 0 aromatic carbocycles. The molecule has 2 N–H and O–H groups in total. The van der Waals surface area contributed by atoms with Gasteiger partial charge >= 0.3 is 0 Å². The van der Waals surface area contributed by atoms with Crippen molar-refractivity contribution in [2.24, 2.45) is 0 Å². The highest BCUT2D eigenvalue weighted by Gasteiger charge is 2.15. The summed E-state index contributed by atoms with van der Waals surface area (Å²) in [5, 5.41) is 9.09. The van der Waals surface area contributed by atoms with Crippen LogP contribution in [0.3, 0.4) is 0 Å². The second-order valence-corrected chi connectivity index (χ2v) is 2.91. The molecule has 0 saturated carbocycles. The van der Waals surface area contributed by atoms with Crippen molar-refractivity contribution in [1.29, 1.82) is 0 Å². The van der Waals surface area contributed by atoms with Crippen LogP contribution >= 0.6 is 11.9 Å². The molecule has 0 radical (unpaired) electrons. The standard InChI is InChI=1S/C3H8N2OS/c1-3-2-4-5(6)7-3/h3-4,6H,2H2,1H3. The van der Waals surface area contributed by atoms with E-state index in [1.54, 1.807) is 0 Å². The molecule has 0 aliphatic carbocycles. The van der Waals surface area contributed by atoms with Crippen molar-refractivity contribution in [2.45, 2.75) is 12.2 Å². The van der Waals surface area contributed by atoms with Crippen molar-refractivity contribution in [3.63, 3.8) is 0 Å². The van der Waals surface area contributed by atoms with Gasteiger partial charge in [-0.1, -0.05) is 11.5 Å². The van der Waals surface area contributed by atoms with Gasteiger partial charge in [0.15, 0.2) is 0 Å². The van der Waals surface area contributed by atoms with Crippen LogP contribution in [0, 0.1) is 0 Å². The van der Waals surface area contributed by atoms with Gasteiger partial charge in [0.1, 0.15) is 0 Å². The van der Waals surface area contributed by atoms with E-state index in [0.29, 0.717) is 5.25 Å². The Labute approximate surface area is 46.7 Å². The van der Waals surface area contributed by atoms with Crippen LogP contribution in [0.1, 0.15) is 6.92 Å². The van der Waals surface area contributed by atoms with Crippen LogP contribution in [0.2, 0.25) is 0 Å². The topological polar surface area (TPSA) is 35.5 Å². The van der Waals surface area contributed by atoms with Gasteiger partial charge in [-0.2, -0.15) is 0 Å². The minimum atomic E-state index is 0.505. The molecule has 0 amide bonds. The van der Waals surface area contributed by atoms with E-state index in [1.165, 1.54) is 11.9 Å². The molecular weight excluding hydrogens is 112 g/mol. The fraction of sp³-hybridized carbons (Fsp3) is 1.00. The third-order valence-corrected chi connectivity index (χ3v) is 1.65. The Morgan fingerprint density at radius 3 is 2.86 bits per heavy atom. The van der Waals surface area contributed by atoms with E-state index in [-0.39, 0.29) is 0 Å². The van der Waals surface area contributed by atoms with E-state index in [1.807, 2.05) is 6.92 Å². The van der Waals surface area contributed by atoms with Gasteiger partial charge in [-0.25, -0.2) is 5.43 Å². The monoisotopic (exact) mass is 120 g/mol. The summed E-state index contributed by atoms with van der Waals surface area (Å²) in [5.74, 6) is 0. The fourth-order valence-electron chi connectivity index (χ4n) is 0.452. The zero-order valence-electron chi connectivity index (χ0n) is 4.09. The largest absolute Gasteiger partial charge is 0.289 e. The van der Waals surface area contributed by atoms with E-state index >= 15 is 0 Å². The van der Waals surface area contributed by atoms with Crippen molar-refractivity contribution >= 4 is 11.9 Å². The van der Waals surface area contributed by atoms with Crippen molar-refractivity contribution in [1.82, 2.24) is 10.0 Å². The number of hydrogen-bond acceptors (Lipinski definition) is 4. The molecular formula is C3H8N2OS. The molecule has 1 aliphatic heterocycles. The molecule has 3 nitrogen and oxygen atoms in total. The van der Waals surface area contributed by atoms with Gasteiger partial charge in [-0.15, -0.1) is 0 Å². The van der Waals surface area contributed by atoms with Gasteiger partial charge in [0, 0.05) is 11.8 Å². The van der Waals surface area contributed by atoms with Gasteiger partial charge in [0.05, 0.1) is 0 Å². The summed E-state index contributed by atoms with van der Waals surface area (Å²) < 4.78 is 1.05. The minimum Gasteiger partial charge on any atom is -0.289 e. The molecule has 1 aliphatic rings. The summed E-state index contributed by atoms with van der Waals surface area (Å²) in [5.41, 5.74) is 2.72. The lowest BCUT2D eigenvalue weighted by Crippen LogP contribution is -2.22. The normalized spacial score (nSPS) is 34.3. The van der Waals surface area contributed by atoms with Crippen molar-refractivity contribution in [3.8, 4) is 0 Å². The number of nitrogens with zero attached hydrogens (tertiary/aromatic N) is 1. The quantitative estimate of drug-likeness (QED) is 0.449. The maximum absolute atomic E-state index is 8.58. The molecule has 4 heteroatoms. The highest BCUT2D eigenvalue weighted by molar-refractivity contribution is 7.97. The summed E-state index contributed by atoms with van der Waals surface area (Å²) in [6.45, 7) is 2.91. The van der Waals surface area contributed by atoms with Crippen molar-refractivity contribution in [3.05, 3.63) is 0 Å². The van der Waals surface area contributed by atoms with E-state index in [2.05, 4.69) is 5.43 Å². The summed E-state index contributed by atoms with van der Waals surface area (Å²) in [6, 6.07) is 0. The number of rotatable bonds is 0. The van der Waals surface area contributed by atoms with Crippen LogP contribution in [-0.2, 0) is 0 Å². The third kappa shape index (κ3) is 1.31. The molecule has 0 aromatic rings. The Morgan fingerprint density at radius 1 is 2.00 bits per heavy atom. The van der Waals surface area contributed by atoms with Crippen molar-refractivity contribution in [2.75, 3.05) is 6.54 Å². The summed E-state index contributed by atoms with van der Waals surface area (Å²) in [7, 11) is 0. The molecule has 0 spiro atoms. The second kappa shape index (κ2) is 2.00. The summed E-state index contributed by atoms with van der Waals surface area (Å²) in [4.78, 5) is 0. The number of hydrogen-bond donors (Lipinski definition) is 2. The van der Waals surface area contributed by atoms with Gasteiger partial charge in [0.2, 0.25) is 0 Å². The van der Waals surface area contributed by atoms with Crippen molar-refractivity contribution < 1.29 is 5.21 Å². The third-order valence-electron chi connectivity index (χ3n) is 0.794. The second-order valence-electron chi connectivity index (χ2n) is 1.55. The number of hydrazine groups is 1.